The summed E-state index contributed by atoms with van der Waals surface area (Å²) in [5.74, 6) is -1.45. The highest BCUT2D eigenvalue weighted by atomic mass is 32.2. The number of alkyl halides is 3. The summed E-state index contributed by atoms with van der Waals surface area (Å²) in [6.45, 7) is 10.6. The van der Waals surface area contributed by atoms with E-state index in [1.807, 2.05) is 0 Å². The molecule has 6 nitrogen and oxygen atoms in total. The zero-order valence-corrected chi connectivity index (χ0v) is 17.8. The Balaban J connectivity index is 0.000000516. The molecule has 0 spiro atoms. The molecule has 0 fully saturated rings. The number of thioether (sulfide) groups is 1. The van der Waals surface area contributed by atoms with Gasteiger partial charge in [0.05, 0.1) is 0 Å². The van der Waals surface area contributed by atoms with E-state index in [2.05, 4.69) is 34.6 Å². The third kappa shape index (κ3) is 6.53. The fourth-order valence-electron chi connectivity index (χ4n) is 2.92. The fourth-order valence-corrected chi connectivity index (χ4v) is 4.07. The van der Waals surface area contributed by atoms with E-state index in [-0.39, 0.29) is 5.60 Å². The second kappa shape index (κ2) is 9.25. The summed E-state index contributed by atoms with van der Waals surface area (Å²) in [5.41, 5.74) is 11.7. The molecule has 0 bridgehead atoms. The molecule has 164 valence electrons. The first kappa shape index (κ1) is 25.1. The standard InChI is InChI=1S/C17H25NO3S.C2HF3O2/c1-9-10(2)15-12(6-17(4,5)21-15)11(3)13(9)7-22-8-14(18)16(19)20;3-2(4,5)1(6)7/h14H,6-8,18H2,1-5H3,(H,19,20);(H,6,7)/t14-;/m0./s1. The number of nitrogens with two attached hydrogens (primary N) is 1. The van der Waals surface area contributed by atoms with Crippen LogP contribution in [0.15, 0.2) is 0 Å². The molecule has 1 aromatic carbocycles. The minimum absolute atomic E-state index is 0.151. The van der Waals surface area contributed by atoms with Crippen molar-refractivity contribution in [1.29, 1.82) is 0 Å². The number of halogens is 3. The van der Waals surface area contributed by atoms with Crippen LogP contribution < -0.4 is 10.5 Å². The normalized spacial score (nSPS) is 15.6. The highest BCUT2D eigenvalue weighted by molar-refractivity contribution is 7.98. The molecule has 2 rings (SSSR count). The number of hydrogen-bond acceptors (Lipinski definition) is 5. The number of hydrogen-bond donors (Lipinski definition) is 3. The second-order valence-corrected chi connectivity index (χ2v) is 8.49. The van der Waals surface area contributed by atoms with Gasteiger partial charge in [0, 0.05) is 23.5 Å². The molecule has 0 saturated heterocycles. The number of aliphatic carboxylic acids is 2. The number of ether oxygens (including phenoxy) is 1. The van der Waals surface area contributed by atoms with Gasteiger partial charge in [0.25, 0.3) is 0 Å². The maximum absolute atomic E-state index is 10.8. The van der Waals surface area contributed by atoms with Crippen molar-refractivity contribution in [3.8, 4) is 5.75 Å². The Kier molecular flexibility index (Phi) is 8.01. The fraction of sp³-hybridized carbons (Fsp3) is 0.579. The molecule has 1 atom stereocenters. The lowest BCUT2D eigenvalue weighted by molar-refractivity contribution is -0.192. The van der Waals surface area contributed by atoms with Crippen LogP contribution in [0.1, 0.15) is 41.7 Å². The Hall–Kier alpha value is -1.94. The third-order valence-electron chi connectivity index (χ3n) is 4.62. The third-order valence-corrected chi connectivity index (χ3v) is 5.71. The molecule has 0 aromatic heterocycles. The van der Waals surface area contributed by atoms with Gasteiger partial charge in [-0.05, 0) is 56.9 Å². The minimum Gasteiger partial charge on any atom is -0.487 e. The molecule has 0 unspecified atom stereocenters. The van der Waals surface area contributed by atoms with Gasteiger partial charge in [-0.3, -0.25) is 4.79 Å². The first-order valence-electron chi connectivity index (χ1n) is 8.75. The number of carboxylic acids is 2. The molecule has 1 aromatic rings. The lowest BCUT2D eigenvalue weighted by Crippen LogP contribution is -2.32. The predicted octanol–water partition coefficient (Wildman–Crippen LogP) is 3.60. The van der Waals surface area contributed by atoms with E-state index in [9.17, 15) is 18.0 Å². The van der Waals surface area contributed by atoms with Gasteiger partial charge in [-0.2, -0.15) is 24.9 Å². The first-order chi connectivity index (χ1) is 13.1. The van der Waals surface area contributed by atoms with Crippen molar-refractivity contribution in [2.24, 2.45) is 5.73 Å². The minimum atomic E-state index is -5.08. The number of fused-ring (bicyclic) bond motifs is 1. The van der Waals surface area contributed by atoms with E-state index in [0.29, 0.717) is 5.75 Å². The van der Waals surface area contributed by atoms with Crippen LogP contribution in [-0.4, -0.2) is 45.7 Å². The van der Waals surface area contributed by atoms with E-state index < -0.39 is 24.2 Å². The van der Waals surface area contributed by atoms with Gasteiger partial charge in [0.1, 0.15) is 17.4 Å². The monoisotopic (exact) mass is 437 g/mol. The Morgan fingerprint density at radius 1 is 1.17 bits per heavy atom. The van der Waals surface area contributed by atoms with Gasteiger partial charge in [-0.15, -0.1) is 0 Å². The molecule has 1 heterocycles. The summed E-state index contributed by atoms with van der Waals surface area (Å²) in [6.07, 6.45) is -4.17. The maximum atomic E-state index is 10.8. The van der Waals surface area contributed by atoms with Crippen LogP contribution in [0.4, 0.5) is 13.2 Å². The molecule has 0 amide bonds. The van der Waals surface area contributed by atoms with Crippen LogP contribution >= 0.6 is 11.8 Å². The molecular weight excluding hydrogens is 411 g/mol. The molecule has 0 radical (unpaired) electrons. The number of carbonyl (C=O) groups is 2. The Labute approximate surface area is 171 Å². The van der Waals surface area contributed by atoms with Crippen molar-refractivity contribution in [3.63, 3.8) is 0 Å². The van der Waals surface area contributed by atoms with E-state index >= 15 is 0 Å². The van der Waals surface area contributed by atoms with Crippen LogP contribution in [0, 0.1) is 20.8 Å². The molecule has 4 N–H and O–H groups in total. The van der Waals surface area contributed by atoms with Crippen LogP contribution in [0.25, 0.3) is 0 Å². The molecule has 29 heavy (non-hydrogen) atoms. The lowest BCUT2D eigenvalue weighted by Gasteiger charge is -2.19. The van der Waals surface area contributed by atoms with Crippen molar-refractivity contribution >= 4 is 23.7 Å². The van der Waals surface area contributed by atoms with Gasteiger partial charge >= 0.3 is 18.1 Å². The van der Waals surface area contributed by atoms with E-state index in [4.69, 9.17) is 25.5 Å². The highest BCUT2D eigenvalue weighted by Gasteiger charge is 2.38. The lowest BCUT2D eigenvalue weighted by atomic mass is 9.90. The molecule has 10 heteroatoms. The summed E-state index contributed by atoms with van der Waals surface area (Å²) in [7, 11) is 0. The summed E-state index contributed by atoms with van der Waals surface area (Å²) < 4.78 is 37.8. The zero-order valence-electron chi connectivity index (χ0n) is 16.9. The zero-order chi connectivity index (χ0) is 22.7. The Bertz CT molecular complexity index is 793. The average Bonchev–Trinajstić information content (AvgIpc) is 2.91. The van der Waals surface area contributed by atoms with Gasteiger partial charge in [-0.1, -0.05) is 0 Å². The van der Waals surface area contributed by atoms with Crippen LogP contribution in [0.3, 0.4) is 0 Å². The van der Waals surface area contributed by atoms with Crippen molar-refractivity contribution in [3.05, 3.63) is 27.8 Å². The quantitative estimate of drug-likeness (QED) is 0.646. The Morgan fingerprint density at radius 3 is 2.14 bits per heavy atom. The largest absolute Gasteiger partial charge is 0.490 e. The highest BCUT2D eigenvalue weighted by Crippen LogP contribution is 2.43. The Morgan fingerprint density at radius 2 is 1.69 bits per heavy atom. The van der Waals surface area contributed by atoms with Gasteiger partial charge in [0.15, 0.2) is 0 Å². The van der Waals surface area contributed by atoms with Crippen LogP contribution in [-0.2, 0) is 21.8 Å². The van der Waals surface area contributed by atoms with Crippen LogP contribution in [0.2, 0.25) is 0 Å². The van der Waals surface area contributed by atoms with Crippen LogP contribution in [0.5, 0.6) is 5.75 Å². The van der Waals surface area contributed by atoms with Crippen molar-refractivity contribution in [1.82, 2.24) is 0 Å². The van der Waals surface area contributed by atoms with Gasteiger partial charge in [0.2, 0.25) is 0 Å². The van der Waals surface area contributed by atoms with Gasteiger partial charge < -0.3 is 20.7 Å². The van der Waals surface area contributed by atoms with E-state index in [1.165, 1.54) is 27.8 Å². The molecular formula is C19H26F3NO5S. The van der Waals surface area contributed by atoms with Crippen molar-refractivity contribution in [2.75, 3.05) is 5.75 Å². The smallest absolute Gasteiger partial charge is 0.487 e. The molecule has 0 aliphatic carbocycles. The first-order valence-corrected chi connectivity index (χ1v) is 9.90. The summed E-state index contributed by atoms with van der Waals surface area (Å²) >= 11 is 1.58. The topological polar surface area (TPSA) is 110 Å². The number of carboxylic acid groups (broad SMARTS) is 2. The summed E-state index contributed by atoms with van der Waals surface area (Å²) in [5, 5.41) is 16.0. The number of benzene rings is 1. The van der Waals surface area contributed by atoms with E-state index in [1.54, 1.807) is 11.8 Å². The van der Waals surface area contributed by atoms with Gasteiger partial charge in [-0.25, -0.2) is 4.79 Å². The molecule has 0 saturated carbocycles. The number of rotatable bonds is 5. The summed E-state index contributed by atoms with van der Waals surface area (Å²) in [6, 6.07) is -0.802. The second-order valence-electron chi connectivity index (χ2n) is 7.46. The maximum Gasteiger partial charge on any atom is 0.490 e. The van der Waals surface area contributed by atoms with E-state index in [0.717, 1.165) is 17.9 Å². The molecule has 1 aliphatic rings. The molecule has 1 aliphatic heterocycles. The van der Waals surface area contributed by atoms with Crippen molar-refractivity contribution < 1.29 is 37.7 Å². The van der Waals surface area contributed by atoms with Crippen molar-refractivity contribution in [2.45, 2.75) is 64.6 Å². The predicted molar refractivity (Wildman–Crippen MR) is 105 cm³/mol. The summed E-state index contributed by atoms with van der Waals surface area (Å²) in [4.78, 5) is 19.7. The SMILES string of the molecule is Cc1c(C)c2c(c(C)c1CSC[C@H](N)C(=O)O)CC(C)(C)O2.O=C(O)C(F)(F)F. The average molecular weight is 437 g/mol.